The van der Waals surface area contributed by atoms with Crippen LogP contribution < -0.4 is 21.5 Å². The van der Waals surface area contributed by atoms with Crippen LogP contribution in [0.1, 0.15) is 32.6 Å². The summed E-state index contributed by atoms with van der Waals surface area (Å²) in [5.74, 6) is -1.38. The number of benzene rings is 5. The minimum absolute atomic E-state index is 0.175. The molecule has 0 atom stereocenters. The van der Waals surface area contributed by atoms with Gasteiger partial charge >= 0.3 is 6.18 Å². The molecule has 4 aromatic heterocycles. The topological polar surface area (TPSA) is 188 Å². The monoisotopic (exact) mass is 949 g/mol. The van der Waals surface area contributed by atoms with Gasteiger partial charge in [-0.3, -0.25) is 9.89 Å². The SMILES string of the molecule is COc1cc(-c2[nH]nc3ncnc(N)c23)ccc1NC(=O)c1ccc(C(F)(F)F)cc1F.Nc1ncnc2c1c(I)nn2C(c1ccccc1)(c1ccccc1)c1ccccc1. The van der Waals surface area contributed by atoms with E-state index in [1.165, 1.54) is 25.8 Å². The molecule has 0 aliphatic rings. The smallest absolute Gasteiger partial charge is 0.416 e. The predicted octanol–water partition coefficient (Wildman–Crippen LogP) is 8.87. The Morgan fingerprint density at radius 3 is 1.89 bits per heavy atom. The molecule has 0 spiro atoms. The van der Waals surface area contributed by atoms with Gasteiger partial charge in [0.25, 0.3) is 5.91 Å². The van der Waals surface area contributed by atoms with E-state index in [1.54, 1.807) is 12.1 Å². The highest BCUT2D eigenvalue weighted by Crippen LogP contribution is 2.43. The van der Waals surface area contributed by atoms with Gasteiger partial charge in [0, 0.05) is 5.56 Å². The molecule has 0 unspecified atom stereocenters. The first kappa shape index (κ1) is 41.3. The normalized spacial score (nSPS) is 11.6. The summed E-state index contributed by atoms with van der Waals surface area (Å²) < 4.78 is 60.3. The number of rotatable bonds is 8. The quantitative estimate of drug-likeness (QED) is 0.0651. The molecule has 0 aliphatic carbocycles. The van der Waals surface area contributed by atoms with Crippen LogP contribution in [0.5, 0.6) is 5.75 Å². The number of hydrogen-bond donors (Lipinski definition) is 4. The lowest BCUT2D eigenvalue weighted by Gasteiger charge is -2.36. The van der Waals surface area contributed by atoms with Crippen molar-refractivity contribution in [1.29, 1.82) is 0 Å². The van der Waals surface area contributed by atoms with Crippen molar-refractivity contribution in [3.8, 4) is 17.0 Å². The summed E-state index contributed by atoms with van der Waals surface area (Å²) in [6, 6.07) is 37.5. The summed E-state index contributed by atoms with van der Waals surface area (Å²) in [6.45, 7) is 0. The molecule has 0 aliphatic heterocycles. The number of aromatic nitrogens is 8. The van der Waals surface area contributed by atoms with Gasteiger partial charge in [0.1, 0.15) is 45.1 Å². The molecule has 1 amide bonds. The lowest BCUT2D eigenvalue weighted by Crippen LogP contribution is -2.38. The van der Waals surface area contributed by atoms with E-state index in [0.29, 0.717) is 39.8 Å². The van der Waals surface area contributed by atoms with E-state index < -0.39 is 34.6 Å². The predicted molar refractivity (Wildman–Crippen MR) is 234 cm³/mol. The van der Waals surface area contributed by atoms with E-state index in [0.717, 1.165) is 31.8 Å². The Kier molecular flexibility index (Phi) is 11.2. The number of amides is 1. The van der Waals surface area contributed by atoms with Crippen LogP contribution in [0.3, 0.4) is 0 Å². The van der Waals surface area contributed by atoms with Gasteiger partial charge in [-0.05, 0) is 69.6 Å². The molecule has 6 N–H and O–H groups in total. The number of H-pyrrole nitrogens is 1. The van der Waals surface area contributed by atoms with Gasteiger partial charge < -0.3 is 21.5 Å². The number of nitrogens with zero attached hydrogens (tertiary/aromatic N) is 7. The van der Waals surface area contributed by atoms with Crippen molar-refractivity contribution in [1.82, 2.24) is 39.9 Å². The minimum Gasteiger partial charge on any atom is -0.495 e. The summed E-state index contributed by atoms with van der Waals surface area (Å²) >= 11 is 2.21. The largest absolute Gasteiger partial charge is 0.495 e. The Labute approximate surface area is 363 Å². The Bertz CT molecular complexity index is 2960. The van der Waals surface area contributed by atoms with E-state index in [4.69, 9.17) is 21.3 Å². The number of halogens is 5. The van der Waals surface area contributed by atoms with Gasteiger partial charge in [-0.15, -0.1) is 0 Å². The number of ether oxygens (including phenoxy) is 1. The van der Waals surface area contributed by atoms with Crippen LogP contribution in [0.25, 0.3) is 33.3 Å². The molecule has 18 heteroatoms. The number of nitrogen functional groups attached to an aromatic ring is 2. The second kappa shape index (κ2) is 16.9. The van der Waals surface area contributed by atoms with Gasteiger partial charge in [-0.2, -0.15) is 23.4 Å². The average Bonchev–Trinajstić information content (AvgIpc) is 3.88. The van der Waals surface area contributed by atoms with Crippen molar-refractivity contribution < 1.29 is 27.1 Å². The minimum atomic E-state index is -4.72. The molecule has 5 aromatic carbocycles. The van der Waals surface area contributed by atoms with Crippen LogP contribution in [0.4, 0.5) is 34.9 Å². The maximum absolute atomic E-state index is 14.1. The second-order valence-corrected chi connectivity index (χ2v) is 14.6. The van der Waals surface area contributed by atoms with Crippen molar-refractivity contribution in [2.45, 2.75) is 11.7 Å². The molecule has 0 bridgehead atoms. The third kappa shape index (κ3) is 7.59. The fraction of sp³-hybridized carbons (Fsp3) is 0.0682. The lowest BCUT2D eigenvalue weighted by molar-refractivity contribution is -0.137. The zero-order chi connectivity index (χ0) is 43.6. The molecule has 0 saturated carbocycles. The number of nitrogens with one attached hydrogen (secondary N) is 2. The van der Waals surface area contributed by atoms with Crippen molar-refractivity contribution in [3.63, 3.8) is 0 Å². The van der Waals surface area contributed by atoms with Crippen molar-refractivity contribution >= 4 is 67.9 Å². The molecule has 9 rings (SSSR count). The standard InChI is InChI=1S/C24H18IN5.C20H14F4N6O2/c25-21-20-22(26)27-16-28-23(20)30(29-21)24(17-10-4-1-5-11-17,18-12-6-2-7-13-18)19-14-8-3-9-15-19;1-32-14-6-9(16-15-17(25)26-8-27-18(15)30-29-16)2-5-13(14)28-19(31)11-4-3-10(7-12(11)21)20(22,23)24/h1-16H,(H2,26,27,28);2-8H,1H3,(H,28,31)(H3,25,26,27,29,30). The zero-order valence-electron chi connectivity index (χ0n) is 32.3. The first-order valence-corrected chi connectivity index (χ1v) is 19.6. The van der Waals surface area contributed by atoms with Crippen LogP contribution in [0, 0.1) is 9.52 Å². The van der Waals surface area contributed by atoms with E-state index in [9.17, 15) is 22.4 Å². The highest BCUT2D eigenvalue weighted by molar-refractivity contribution is 14.1. The van der Waals surface area contributed by atoms with E-state index >= 15 is 0 Å². The van der Waals surface area contributed by atoms with Crippen LogP contribution >= 0.6 is 22.6 Å². The van der Waals surface area contributed by atoms with Gasteiger partial charge in [-0.25, -0.2) is 29.0 Å². The fourth-order valence-corrected chi connectivity index (χ4v) is 7.91. The number of alkyl halides is 3. The maximum atomic E-state index is 14.1. The molecule has 9 aromatic rings. The number of anilines is 3. The molecule has 62 heavy (non-hydrogen) atoms. The molecule has 0 saturated heterocycles. The first-order chi connectivity index (χ1) is 29.9. The number of methoxy groups -OCH3 is 1. The van der Waals surface area contributed by atoms with Crippen LogP contribution in [-0.4, -0.2) is 52.9 Å². The summed E-state index contributed by atoms with van der Waals surface area (Å²) in [6.07, 6.45) is -1.94. The third-order valence-electron chi connectivity index (χ3n) is 10.0. The third-order valence-corrected chi connectivity index (χ3v) is 10.8. The Morgan fingerprint density at radius 1 is 0.742 bits per heavy atom. The van der Waals surface area contributed by atoms with Crippen molar-refractivity contribution in [2.24, 2.45) is 0 Å². The van der Waals surface area contributed by atoms with E-state index in [2.05, 4.69) is 131 Å². The number of fused-ring (bicyclic) bond motifs is 2. The number of carbonyl (C=O) groups excluding carboxylic acids is 1. The van der Waals surface area contributed by atoms with Gasteiger partial charge in [-0.1, -0.05) is 97.1 Å². The summed E-state index contributed by atoms with van der Waals surface area (Å²) in [7, 11) is 1.36. The Morgan fingerprint density at radius 2 is 1.32 bits per heavy atom. The molecule has 0 fully saturated rings. The highest BCUT2D eigenvalue weighted by Gasteiger charge is 2.41. The first-order valence-electron chi connectivity index (χ1n) is 18.5. The number of nitrogens with two attached hydrogens (primary N) is 2. The van der Waals surface area contributed by atoms with Crippen LogP contribution in [0.2, 0.25) is 0 Å². The fourth-order valence-electron chi connectivity index (χ4n) is 7.17. The number of carbonyl (C=O) groups is 1. The molecule has 4 heterocycles. The van der Waals surface area contributed by atoms with E-state index in [1.807, 2.05) is 22.9 Å². The van der Waals surface area contributed by atoms with E-state index in [-0.39, 0.29) is 23.3 Å². The average molecular weight is 950 g/mol. The maximum Gasteiger partial charge on any atom is 0.416 e. The van der Waals surface area contributed by atoms with Gasteiger partial charge in [0.2, 0.25) is 0 Å². The van der Waals surface area contributed by atoms with Gasteiger partial charge in [0.15, 0.2) is 11.3 Å². The number of aromatic amines is 1. The second-order valence-electron chi connectivity index (χ2n) is 13.6. The van der Waals surface area contributed by atoms with Crippen molar-refractivity contribution in [2.75, 3.05) is 23.9 Å². The molecular formula is C44H32F4IN11O2. The zero-order valence-corrected chi connectivity index (χ0v) is 34.4. The van der Waals surface area contributed by atoms with Crippen molar-refractivity contribution in [3.05, 3.63) is 177 Å². The van der Waals surface area contributed by atoms with Crippen LogP contribution in [-0.2, 0) is 11.7 Å². The molecular weight excluding hydrogens is 917 g/mol. The van der Waals surface area contributed by atoms with Crippen LogP contribution in [0.15, 0.2) is 140 Å². The Hall–Kier alpha value is -7.48. The molecule has 310 valence electrons. The molecule has 13 nitrogen and oxygen atoms in total. The summed E-state index contributed by atoms with van der Waals surface area (Å²) in [4.78, 5) is 29.2. The molecule has 0 radical (unpaired) electrons. The van der Waals surface area contributed by atoms with Gasteiger partial charge in [0.05, 0.1) is 40.4 Å². The Balaban J connectivity index is 0.000000171. The summed E-state index contributed by atoms with van der Waals surface area (Å²) in [5.41, 5.74) is 15.3. The lowest BCUT2D eigenvalue weighted by atomic mass is 9.77. The number of hydrogen-bond acceptors (Lipinski definition) is 10. The highest BCUT2D eigenvalue weighted by atomic mass is 127. The summed E-state index contributed by atoms with van der Waals surface area (Å²) in [5, 5.41) is 15.6.